The number of nitrogens with zero attached hydrogens (tertiary/aromatic N) is 1. The number of hydrogen-bond donors (Lipinski definition) is 2. The van der Waals surface area contributed by atoms with Crippen molar-refractivity contribution in [1.29, 1.82) is 0 Å². The molecule has 0 spiro atoms. The molecule has 1 aromatic carbocycles. The van der Waals surface area contributed by atoms with Crippen LogP contribution in [0, 0.1) is 5.92 Å². The summed E-state index contributed by atoms with van der Waals surface area (Å²) in [5.41, 5.74) is 3.17. The van der Waals surface area contributed by atoms with Crippen molar-refractivity contribution in [2.75, 3.05) is 32.5 Å². The summed E-state index contributed by atoms with van der Waals surface area (Å²) < 4.78 is 0. The zero-order valence-electron chi connectivity index (χ0n) is 12.9. The molecule has 0 radical (unpaired) electrons. The summed E-state index contributed by atoms with van der Waals surface area (Å²) in [5, 5.41) is 6.47. The molecule has 1 aliphatic heterocycles. The highest BCUT2D eigenvalue weighted by atomic mass is 16.1. The molecule has 0 bridgehead atoms. The molecule has 4 heteroatoms. The van der Waals surface area contributed by atoms with Gasteiger partial charge in [0.2, 0.25) is 0 Å². The molecule has 20 heavy (non-hydrogen) atoms. The standard InChI is InChI=1S/C16H25N3O/c1-11(2)15(10-19(3)4)18-16(20)13-5-6-14-12(9-13)7-8-17-14/h5-6,9,11,15,17H,7-8,10H2,1-4H3,(H,18,20). The zero-order valence-corrected chi connectivity index (χ0v) is 12.9. The number of hydrogen-bond acceptors (Lipinski definition) is 3. The van der Waals surface area contributed by atoms with E-state index in [4.69, 9.17) is 0 Å². The molecule has 0 saturated heterocycles. The highest BCUT2D eigenvalue weighted by molar-refractivity contribution is 5.95. The molecule has 1 atom stereocenters. The number of carbonyl (C=O) groups excluding carboxylic acids is 1. The fraction of sp³-hybridized carbons (Fsp3) is 0.562. The number of nitrogens with one attached hydrogen (secondary N) is 2. The number of anilines is 1. The van der Waals surface area contributed by atoms with Gasteiger partial charge in [-0.15, -0.1) is 0 Å². The van der Waals surface area contributed by atoms with Gasteiger partial charge in [0.1, 0.15) is 0 Å². The SMILES string of the molecule is CC(C)C(CN(C)C)NC(=O)c1ccc2c(c1)CCN2. The fourth-order valence-corrected chi connectivity index (χ4v) is 2.51. The van der Waals surface area contributed by atoms with E-state index in [0.29, 0.717) is 5.92 Å². The summed E-state index contributed by atoms with van der Waals surface area (Å²) in [4.78, 5) is 14.5. The molecular formula is C16H25N3O. The Labute approximate surface area is 121 Å². The Morgan fingerprint density at radius 3 is 2.80 bits per heavy atom. The first-order valence-electron chi connectivity index (χ1n) is 7.29. The van der Waals surface area contributed by atoms with E-state index < -0.39 is 0 Å². The maximum atomic E-state index is 12.4. The van der Waals surface area contributed by atoms with Gasteiger partial charge in [-0.25, -0.2) is 0 Å². The number of benzene rings is 1. The van der Waals surface area contributed by atoms with Crippen molar-refractivity contribution in [3.8, 4) is 0 Å². The number of rotatable bonds is 5. The number of amides is 1. The average Bonchev–Trinajstić information content (AvgIpc) is 2.84. The molecule has 0 fully saturated rings. The maximum absolute atomic E-state index is 12.4. The summed E-state index contributed by atoms with van der Waals surface area (Å²) in [7, 11) is 4.06. The van der Waals surface area contributed by atoms with Crippen LogP contribution in [0.25, 0.3) is 0 Å². The Morgan fingerprint density at radius 2 is 2.15 bits per heavy atom. The lowest BCUT2D eigenvalue weighted by molar-refractivity contribution is 0.0916. The average molecular weight is 275 g/mol. The Balaban J connectivity index is 2.06. The number of carbonyl (C=O) groups is 1. The molecule has 1 aliphatic rings. The van der Waals surface area contributed by atoms with Gasteiger partial charge in [0.05, 0.1) is 0 Å². The van der Waals surface area contributed by atoms with Crippen LogP contribution < -0.4 is 10.6 Å². The van der Waals surface area contributed by atoms with Crippen molar-refractivity contribution in [2.45, 2.75) is 26.3 Å². The van der Waals surface area contributed by atoms with E-state index in [1.807, 2.05) is 32.3 Å². The second-order valence-electron chi connectivity index (χ2n) is 6.13. The molecule has 2 rings (SSSR count). The Kier molecular flexibility index (Phi) is 4.65. The monoisotopic (exact) mass is 275 g/mol. The largest absolute Gasteiger partial charge is 0.384 e. The normalized spacial score (nSPS) is 15.1. The number of fused-ring (bicyclic) bond motifs is 1. The predicted molar refractivity (Wildman–Crippen MR) is 83.3 cm³/mol. The quantitative estimate of drug-likeness (QED) is 0.863. The summed E-state index contributed by atoms with van der Waals surface area (Å²) in [6.07, 6.45) is 1.00. The lowest BCUT2D eigenvalue weighted by Gasteiger charge is -2.25. The first-order chi connectivity index (χ1) is 9.47. The maximum Gasteiger partial charge on any atom is 0.251 e. The van der Waals surface area contributed by atoms with Crippen LogP contribution in [-0.2, 0) is 6.42 Å². The van der Waals surface area contributed by atoms with Gasteiger partial charge >= 0.3 is 0 Å². The van der Waals surface area contributed by atoms with E-state index in [-0.39, 0.29) is 11.9 Å². The van der Waals surface area contributed by atoms with Gasteiger partial charge < -0.3 is 15.5 Å². The van der Waals surface area contributed by atoms with Crippen molar-refractivity contribution in [3.63, 3.8) is 0 Å². The fourth-order valence-electron chi connectivity index (χ4n) is 2.51. The first kappa shape index (κ1) is 14.9. The van der Waals surface area contributed by atoms with Gasteiger partial charge in [-0.05, 0) is 50.2 Å². The summed E-state index contributed by atoms with van der Waals surface area (Å²) in [5.74, 6) is 0.442. The second kappa shape index (κ2) is 6.27. The minimum atomic E-state index is 0.0280. The zero-order chi connectivity index (χ0) is 14.7. The van der Waals surface area contributed by atoms with Crippen LogP contribution >= 0.6 is 0 Å². The lowest BCUT2D eigenvalue weighted by Crippen LogP contribution is -2.45. The van der Waals surface area contributed by atoms with Gasteiger partial charge in [0, 0.05) is 30.4 Å². The molecule has 1 unspecified atom stereocenters. The van der Waals surface area contributed by atoms with Gasteiger partial charge in [0.15, 0.2) is 0 Å². The molecule has 0 saturated carbocycles. The second-order valence-corrected chi connectivity index (χ2v) is 6.13. The van der Waals surface area contributed by atoms with Crippen LogP contribution in [0.3, 0.4) is 0 Å². The third kappa shape index (κ3) is 3.51. The van der Waals surface area contributed by atoms with E-state index in [1.165, 1.54) is 5.56 Å². The molecule has 1 aromatic rings. The van der Waals surface area contributed by atoms with Crippen molar-refractivity contribution < 1.29 is 4.79 Å². The Hall–Kier alpha value is -1.55. The van der Waals surface area contributed by atoms with Crippen LogP contribution in [0.1, 0.15) is 29.8 Å². The highest BCUT2D eigenvalue weighted by Gasteiger charge is 2.19. The summed E-state index contributed by atoms with van der Waals surface area (Å²) in [6.45, 7) is 6.10. The van der Waals surface area contributed by atoms with Gasteiger partial charge in [-0.2, -0.15) is 0 Å². The third-order valence-corrected chi connectivity index (χ3v) is 3.76. The van der Waals surface area contributed by atoms with E-state index in [9.17, 15) is 4.79 Å². The molecule has 110 valence electrons. The van der Waals surface area contributed by atoms with E-state index in [2.05, 4.69) is 29.4 Å². The van der Waals surface area contributed by atoms with Crippen molar-refractivity contribution in [1.82, 2.24) is 10.2 Å². The van der Waals surface area contributed by atoms with E-state index in [1.54, 1.807) is 0 Å². The topological polar surface area (TPSA) is 44.4 Å². The molecule has 0 aromatic heterocycles. The Morgan fingerprint density at radius 1 is 1.40 bits per heavy atom. The van der Waals surface area contributed by atoms with Crippen molar-refractivity contribution >= 4 is 11.6 Å². The number of likely N-dealkylation sites (N-methyl/N-ethyl adjacent to an activating group) is 1. The van der Waals surface area contributed by atoms with Crippen LogP contribution in [0.4, 0.5) is 5.69 Å². The Bertz CT molecular complexity index is 483. The summed E-state index contributed by atoms with van der Waals surface area (Å²) >= 11 is 0. The minimum Gasteiger partial charge on any atom is -0.384 e. The van der Waals surface area contributed by atoms with Crippen LogP contribution in [0.5, 0.6) is 0 Å². The molecular weight excluding hydrogens is 250 g/mol. The highest BCUT2D eigenvalue weighted by Crippen LogP contribution is 2.23. The smallest absolute Gasteiger partial charge is 0.251 e. The third-order valence-electron chi connectivity index (χ3n) is 3.76. The van der Waals surface area contributed by atoms with Crippen LogP contribution in [0.2, 0.25) is 0 Å². The minimum absolute atomic E-state index is 0.0280. The molecule has 2 N–H and O–H groups in total. The van der Waals surface area contributed by atoms with E-state index >= 15 is 0 Å². The molecule has 1 amide bonds. The van der Waals surface area contributed by atoms with Gasteiger partial charge in [-0.3, -0.25) is 4.79 Å². The molecule has 0 aliphatic carbocycles. The van der Waals surface area contributed by atoms with Gasteiger partial charge in [0.25, 0.3) is 5.91 Å². The summed E-state index contributed by atoms with van der Waals surface area (Å²) in [6, 6.07) is 6.09. The van der Waals surface area contributed by atoms with E-state index in [0.717, 1.165) is 30.8 Å². The lowest BCUT2D eigenvalue weighted by atomic mass is 10.0. The molecule has 4 nitrogen and oxygen atoms in total. The van der Waals surface area contributed by atoms with Crippen LogP contribution in [-0.4, -0.2) is 44.0 Å². The van der Waals surface area contributed by atoms with Gasteiger partial charge in [-0.1, -0.05) is 13.8 Å². The van der Waals surface area contributed by atoms with Crippen molar-refractivity contribution in [2.24, 2.45) is 5.92 Å². The first-order valence-corrected chi connectivity index (χ1v) is 7.29. The van der Waals surface area contributed by atoms with Crippen molar-refractivity contribution in [3.05, 3.63) is 29.3 Å². The van der Waals surface area contributed by atoms with Crippen LogP contribution in [0.15, 0.2) is 18.2 Å². The molecule has 1 heterocycles. The predicted octanol–water partition coefficient (Wildman–Crippen LogP) is 1.97.